The first-order valence-electron chi connectivity index (χ1n) is 6.39. The van der Waals surface area contributed by atoms with E-state index >= 15 is 0 Å². The van der Waals surface area contributed by atoms with Gasteiger partial charge in [0.15, 0.2) is 0 Å². The molecule has 1 aliphatic carbocycles. The SMILES string of the molecule is CCCN(C(=O)NC)C1(CN)CCCCC1. The van der Waals surface area contributed by atoms with E-state index in [2.05, 4.69) is 12.2 Å². The molecule has 94 valence electrons. The second-order valence-corrected chi connectivity index (χ2v) is 4.70. The maximum absolute atomic E-state index is 11.9. The molecule has 4 heteroatoms. The third kappa shape index (κ3) is 2.67. The number of nitrogens with one attached hydrogen (secondary N) is 1. The van der Waals surface area contributed by atoms with Crippen LogP contribution < -0.4 is 11.1 Å². The smallest absolute Gasteiger partial charge is 0.317 e. The quantitative estimate of drug-likeness (QED) is 0.768. The molecule has 0 aromatic carbocycles. The minimum Gasteiger partial charge on any atom is -0.341 e. The minimum absolute atomic E-state index is 0.0224. The Kier molecular flexibility index (Phi) is 5.06. The highest BCUT2D eigenvalue weighted by Crippen LogP contribution is 2.33. The van der Waals surface area contributed by atoms with Crippen molar-refractivity contribution >= 4 is 6.03 Å². The van der Waals surface area contributed by atoms with Crippen LogP contribution in [-0.4, -0.2) is 36.6 Å². The number of nitrogens with two attached hydrogens (primary N) is 1. The molecular formula is C12H25N3O. The van der Waals surface area contributed by atoms with Gasteiger partial charge in [0.25, 0.3) is 0 Å². The molecule has 0 aromatic rings. The second-order valence-electron chi connectivity index (χ2n) is 4.70. The zero-order valence-electron chi connectivity index (χ0n) is 10.6. The van der Waals surface area contributed by atoms with Gasteiger partial charge >= 0.3 is 6.03 Å². The molecule has 0 unspecified atom stereocenters. The monoisotopic (exact) mass is 227 g/mol. The molecule has 0 atom stereocenters. The molecule has 0 heterocycles. The number of carbonyl (C=O) groups excluding carboxylic acids is 1. The maximum Gasteiger partial charge on any atom is 0.317 e. The Labute approximate surface area is 98.6 Å². The number of rotatable bonds is 4. The molecule has 0 bridgehead atoms. The summed E-state index contributed by atoms with van der Waals surface area (Å²) in [6.07, 6.45) is 6.74. The van der Waals surface area contributed by atoms with Gasteiger partial charge in [0.05, 0.1) is 5.54 Å². The van der Waals surface area contributed by atoms with Crippen molar-refractivity contribution < 1.29 is 4.79 Å². The van der Waals surface area contributed by atoms with E-state index in [0.717, 1.165) is 25.8 Å². The summed E-state index contributed by atoms with van der Waals surface area (Å²) in [7, 11) is 1.69. The largest absolute Gasteiger partial charge is 0.341 e. The highest BCUT2D eigenvalue weighted by Gasteiger charge is 2.38. The van der Waals surface area contributed by atoms with Gasteiger partial charge in [-0.1, -0.05) is 26.2 Å². The van der Waals surface area contributed by atoms with Gasteiger partial charge < -0.3 is 16.0 Å². The first-order valence-corrected chi connectivity index (χ1v) is 6.39. The molecule has 0 aromatic heterocycles. The number of hydrogen-bond acceptors (Lipinski definition) is 2. The minimum atomic E-state index is -0.0889. The van der Waals surface area contributed by atoms with E-state index in [4.69, 9.17) is 5.73 Å². The molecule has 3 N–H and O–H groups in total. The van der Waals surface area contributed by atoms with E-state index < -0.39 is 0 Å². The summed E-state index contributed by atoms with van der Waals surface area (Å²) in [6.45, 7) is 3.49. The van der Waals surface area contributed by atoms with Crippen molar-refractivity contribution in [2.75, 3.05) is 20.1 Å². The highest BCUT2D eigenvalue weighted by atomic mass is 16.2. The Morgan fingerprint density at radius 3 is 2.44 bits per heavy atom. The summed E-state index contributed by atoms with van der Waals surface area (Å²) in [5, 5.41) is 2.74. The van der Waals surface area contributed by atoms with Crippen LogP contribution in [0.4, 0.5) is 4.79 Å². The Bertz CT molecular complexity index is 224. The molecule has 16 heavy (non-hydrogen) atoms. The van der Waals surface area contributed by atoms with Crippen LogP contribution in [0.25, 0.3) is 0 Å². The van der Waals surface area contributed by atoms with Crippen molar-refractivity contribution in [2.45, 2.75) is 51.0 Å². The van der Waals surface area contributed by atoms with E-state index in [9.17, 15) is 4.79 Å². The summed E-state index contributed by atoms with van der Waals surface area (Å²) < 4.78 is 0. The maximum atomic E-state index is 11.9. The van der Waals surface area contributed by atoms with Crippen molar-refractivity contribution in [1.29, 1.82) is 0 Å². The molecule has 1 fully saturated rings. The fourth-order valence-electron chi connectivity index (χ4n) is 2.71. The van der Waals surface area contributed by atoms with Gasteiger partial charge in [-0.15, -0.1) is 0 Å². The number of urea groups is 1. The summed E-state index contributed by atoms with van der Waals surface area (Å²) in [4.78, 5) is 13.9. The normalized spacial score (nSPS) is 19.2. The van der Waals surface area contributed by atoms with E-state index in [0.29, 0.717) is 6.54 Å². The fraction of sp³-hybridized carbons (Fsp3) is 0.917. The lowest BCUT2D eigenvalue weighted by Crippen LogP contribution is -2.59. The van der Waals surface area contributed by atoms with Gasteiger partial charge in [-0.05, 0) is 19.3 Å². The van der Waals surface area contributed by atoms with Crippen LogP contribution in [-0.2, 0) is 0 Å². The first kappa shape index (κ1) is 13.3. The molecule has 2 amide bonds. The Morgan fingerprint density at radius 1 is 1.38 bits per heavy atom. The predicted octanol–water partition coefficient (Wildman–Crippen LogP) is 1.70. The molecule has 1 aliphatic rings. The van der Waals surface area contributed by atoms with E-state index in [1.165, 1.54) is 19.3 Å². The van der Waals surface area contributed by atoms with E-state index in [-0.39, 0.29) is 11.6 Å². The summed E-state index contributed by atoms with van der Waals surface area (Å²) >= 11 is 0. The summed E-state index contributed by atoms with van der Waals surface area (Å²) in [5.41, 5.74) is 5.85. The summed E-state index contributed by atoms with van der Waals surface area (Å²) in [5.74, 6) is 0. The Morgan fingerprint density at radius 2 is 2.00 bits per heavy atom. The lowest BCUT2D eigenvalue weighted by molar-refractivity contribution is 0.0845. The molecule has 1 saturated carbocycles. The van der Waals surface area contributed by atoms with Crippen LogP contribution in [0.3, 0.4) is 0 Å². The number of carbonyl (C=O) groups is 1. The Hall–Kier alpha value is -0.770. The van der Waals surface area contributed by atoms with Crippen LogP contribution in [0.2, 0.25) is 0 Å². The first-order chi connectivity index (χ1) is 7.70. The van der Waals surface area contributed by atoms with E-state index in [1.807, 2.05) is 4.90 Å². The lowest BCUT2D eigenvalue weighted by Gasteiger charge is -2.45. The zero-order chi connectivity index (χ0) is 12.0. The predicted molar refractivity (Wildman–Crippen MR) is 66.3 cm³/mol. The van der Waals surface area contributed by atoms with Crippen LogP contribution in [0.5, 0.6) is 0 Å². The average molecular weight is 227 g/mol. The van der Waals surface area contributed by atoms with Gasteiger partial charge in [0.1, 0.15) is 0 Å². The molecular weight excluding hydrogens is 202 g/mol. The zero-order valence-corrected chi connectivity index (χ0v) is 10.6. The van der Waals surface area contributed by atoms with Crippen LogP contribution >= 0.6 is 0 Å². The highest BCUT2D eigenvalue weighted by molar-refractivity contribution is 5.74. The average Bonchev–Trinajstić information content (AvgIpc) is 2.36. The molecule has 0 saturated heterocycles. The number of nitrogens with zero attached hydrogens (tertiary/aromatic N) is 1. The standard InChI is InChI=1S/C12H25N3O/c1-3-9-15(11(16)14-2)12(10-13)7-5-4-6-8-12/h3-10,13H2,1-2H3,(H,14,16). The van der Waals surface area contributed by atoms with Crippen molar-refractivity contribution in [3.05, 3.63) is 0 Å². The van der Waals surface area contributed by atoms with Gasteiger partial charge in [-0.25, -0.2) is 4.79 Å². The van der Waals surface area contributed by atoms with Gasteiger partial charge in [0.2, 0.25) is 0 Å². The van der Waals surface area contributed by atoms with Gasteiger partial charge in [-0.2, -0.15) is 0 Å². The van der Waals surface area contributed by atoms with E-state index in [1.54, 1.807) is 7.05 Å². The van der Waals surface area contributed by atoms with Crippen molar-refractivity contribution in [2.24, 2.45) is 5.73 Å². The van der Waals surface area contributed by atoms with Crippen LogP contribution in [0.15, 0.2) is 0 Å². The third-order valence-corrected chi connectivity index (χ3v) is 3.64. The molecule has 0 spiro atoms. The van der Waals surface area contributed by atoms with Crippen molar-refractivity contribution in [3.63, 3.8) is 0 Å². The lowest BCUT2D eigenvalue weighted by atomic mass is 9.80. The topological polar surface area (TPSA) is 58.4 Å². The van der Waals surface area contributed by atoms with Gasteiger partial charge in [-0.3, -0.25) is 0 Å². The van der Waals surface area contributed by atoms with Crippen LogP contribution in [0.1, 0.15) is 45.4 Å². The van der Waals surface area contributed by atoms with Crippen molar-refractivity contribution in [1.82, 2.24) is 10.2 Å². The second kappa shape index (κ2) is 6.09. The van der Waals surface area contributed by atoms with Crippen LogP contribution in [0, 0.1) is 0 Å². The molecule has 0 radical (unpaired) electrons. The number of hydrogen-bond donors (Lipinski definition) is 2. The number of amides is 2. The van der Waals surface area contributed by atoms with Crippen molar-refractivity contribution in [3.8, 4) is 0 Å². The molecule has 1 rings (SSSR count). The third-order valence-electron chi connectivity index (χ3n) is 3.64. The summed E-state index contributed by atoms with van der Waals surface area (Å²) in [6, 6.07) is 0.0224. The molecule has 0 aliphatic heterocycles. The molecule has 4 nitrogen and oxygen atoms in total. The Balaban J connectivity index is 2.82. The van der Waals surface area contributed by atoms with Gasteiger partial charge in [0, 0.05) is 20.1 Å². The fourth-order valence-corrected chi connectivity index (χ4v) is 2.71.